The Morgan fingerprint density at radius 3 is 2.52 bits per heavy atom. The van der Waals surface area contributed by atoms with E-state index >= 15 is 0 Å². The third kappa shape index (κ3) is 5.51. The quantitative estimate of drug-likeness (QED) is 0.759. The first-order chi connectivity index (χ1) is 11.5. The molecule has 0 N–H and O–H groups in total. The van der Waals surface area contributed by atoms with Crippen molar-refractivity contribution in [2.75, 3.05) is 6.61 Å². The zero-order valence-electron chi connectivity index (χ0n) is 15.8. The summed E-state index contributed by atoms with van der Waals surface area (Å²) < 4.78 is 17.3. The van der Waals surface area contributed by atoms with Gasteiger partial charge in [0.25, 0.3) is 0 Å². The third-order valence-electron chi connectivity index (χ3n) is 3.92. The Hall–Kier alpha value is -1.46. The molecular formula is C19H28ClNO4. The van der Waals surface area contributed by atoms with Crippen molar-refractivity contribution in [3.05, 3.63) is 29.3 Å². The predicted molar refractivity (Wildman–Crippen MR) is 98.1 cm³/mol. The molecule has 25 heavy (non-hydrogen) atoms. The molecule has 1 aromatic rings. The van der Waals surface area contributed by atoms with E-state index in [1.165, 1.54) is 0 Å². The maximum Gasteiger partial charge on any atom is 0.412 e. The number of nitrogens with zero attached hydrogens (tertiary/aromatic N) is 1. The number of amides is 1. The molecule has 2 unspecified atom stereocenters. The van der Waals surface area contributed by atoms with E-state index < -0.39 is 11.3 Å². The molecule has 0 radical (unpaired) electrons. The highest BCUT2D eigenvalue weighted by Crippen LogP contribution is 2.32. The van der Waals surface area contributed by atoms with Gasteiger partial charge in [0.2, 0.25) is 0 Å². The highest BCUT2D eigenvalue weighted by Gasteiger charge is 2.46. The monoisotopic (exact) mass is 369 g/mol. The van der Waals surface area contributed by atoms with Crippen LogP contribution in [0.1, 0.15) is 48.0 Å². The normalized spacial score (nSPS) is 21.1. The van der Waals surface area contributed by atoms with Crippen molar-refractivity contribution in [2.45, 2.75) is 71.4 Å². The lowest BCUT2D eigenvalue weighted by atomic mass is 10.1. The molecule has 1 heterocycles. The lowest BCUT2D eigenvalue weighted by molar-refractivity contribution is -0.0633. The molecule has 0 aliphatic carbocycles. The largest absolute Gasteiger partial charge is 0.491 e. The van der Waals surface area contributed by atoms with Gasteiger partial charge in [0.05, 0.1) is 18.8 Å². The molecule has 0 saturated carbocycles. The lowest BCUT2D eigenvalue weighted by Crippen LogP contribution is -2.50. The van der Waals surface area contributed by atoms with Crippen LogP contribution in [0.2, 0.25) is 5.02 Å². The van der Waals surface area contributed by atoms with E-state index in [-0.39, 0.29) is 18.2 Å². The van der Waals surface area contributed by atoms with Crippen molar-refractivity contribution < 1.29 is 19.0 Å². The molecular weight excluding hydrogens is 342 g/mol. The molecule has 1 amide bonds. The van der Waals surface area contributed by atoms with Crippen molar-refractivity contribution in [1.29, 1.82) is 0 Å². The molecule has 2 atom stereocenters. The van der Waals surface area contributed by atoms with Crippen LogP contribution in [0.15, 0.2) is 24.3 Å². The van der Waals surface area contributed by atoms with E-state index in [2.05, 4.69) is 0 Å². The van der Waals surface area contributed by atoms with Crippen molar-refractivity contribution >= 4 is 17.7 Å². The second-order valence-electron chi connectivity index (χ2n) is 7.88. The average molecular weight is 370 g/mol. The molecule has 0 aromatic heterocycles. The fourth-order valence-electron chi connectivity index (χ4n) is 2.91. The lowest BCUT2D eigenvalue weighted by Gasteiger charge is -2.35. The van der Waals surface area contributed by atoms with Crippen LogP contribution in [-0.2, 0) is 9.47 Å². The Balaban J connectivity index is 2.03. The summed E-state index contributed by atoms with van der Waals surface area (Å²) in [6.45, 7) is 11.8. The van der Waals surface area contributed by atoms with Crippen molar-refractivity contribution in [1.82, 2.24) is 4.90 Å². The topological polar surface area (TPSA) is 48.0 Å². The number of ether oxygens (including phenoxy) is 3. The van der Waals surface area contributed by atoms with Crippen LogP contribution in [0, 0.1) is 0 Å². The zero-order chi connectivity index (χ0) is 18.8. The minimum Gasteiger partial charge on any atom is -0.491 e. The summed E-state index contributed by atoms with van der Waals surface area (Å²) in [6.07, 6.45) is 0.193. The summed E-state index contributed by atoms with van der Waals surface area (Å²) in [4.78, 5) is 14.3. The Labute approximate surface area is 155 Å². The first kappa shape index (κ1) is 19.9. The molecule has 6 heteroatoms. The smallest absolute Gasteiger partial charge is 0.412 e. The Morgan fingerprint density at radius 2 is 1.96 bits per heavy atom. The number of hydrogen-bond donors (Lipinski definition) is 0. The Morgan fingerprint density at radius 1 is 1.36 bits per heavy atom. The van der Waals surface area contributed by atoms with Crippen LogP contribution >= 0.6 is 11.6 Å². The predicted octanol–water partition coefficient (Wildman–Crippen LogP) is 4.87. The summed E-state index contributed by atoms with van der Waals surface area (Å²) in [5.74, 6) is 0.749. The molecule has 1 saturated heterocycles. The summed E-state index contributed by atoms with van der Waals surface area (Å²) >= 11 is 5.89. The molecule has 1 fully saturated rings. The minimum atomic E-state index is -0.701. The van der Waals surface area contributed by atoms with Gasteiger partial charge in [-0.3, -0.25) is 4.90 Å². The van der Waals surface area contributed by atoms with Crippen LogP contribution in [0.4, 0.5) is 4.79 Å². The average Bonchev–Trinajstić information content (AvgIpc) is 2.74. The first-order valence-corrected chi connectivity index (χ1v) is 8.94. The van der Waals surface area contributed by atoms with Gasteiger partial charge < -0.3 is 14.2 Å². The van der Waals surface area contributed by atoms with Crippen molar-refractivity contribution in [2.24, 2.45) is 0 Å². The number of hydrogen-bond acceptors (Lipinski definition) is 4. The highest BCUT2D eigenvalue weighted by molar-refractivity contribution is 6.30. The van der Waals surface area contributed by atoms with Gasteiger partial charge in [0, 0.05) is 11.4 Å². The van der Waals surface area contributed by atoms with Gasteiger partial charge in [-0.15, -0.1) is 0 Å². The molecule has 1 aliphatic heterocycles. The van der Waals surface area contributed by atoms with Crippen LogP contribution in [0.25, 0.3) is 0 Å². The Kier molecular flexibility index (Phi) is 5.89. The van der Waals surface area contributed by atoms with E-state index in [0.717, 1.165) is 5.75 Å². The van der Waals surface area contributed by atoms with Gasteiger partial charge in [0.15, 0.2) is 0 Å². The summed E-state index contributed by atoms with van der Waals surface area (Å²) in [5.41, 5.74) is -1.25. The molecule has 0 bridgehead atoms. The highest BCUT2D eigenvalue weighted by atomic mass is 35.5. The fourth-order valence-corrected chi connectivity index (χ4v) is 3.04. The number of carbonyl (C=O) groups excluding carboxylic acids is 1. The van der Waals surface area contributed by atoms with E-state index in [1.807, 2.05) is 53.7 Å². The minimum absolute atomic E-state index is 0.0892. The summed E-state index contributed by atoms with van der Waals surface area (Å²) in [5, 5.41) is 0.669. The van der Waals surface area contributed by atoms with Crippen LogP contribution < -0.4 is 4.74 Å². The number of halogens is 1. The molecule has 1 aliphatic rings. The molecule has 2 rings (SSSR count). The van der Waals surface area contributed by atoms with Gasteiger partial charge in [-0.1, -0.05) is 11.6 Å². The van der Waals surface area contributed by atoms with Gasteiger partial charge in [-0.05, 0) is 65.8 Å². The molecule has 5 nitrogen and oxygen atoms in total. The summed E-state index contributed by atoms with van der Waals surface area (Å²) in [6, 6.07) is 7.14. The van der Waals surface area contributed by atoms with Crippen molar-refractivity contribution in [3.63, 3.8) is 0 Å². The van der Waals surface area contributed by atoms with Crippen molar-refractivity contribution in [3.8, 4) is 5.75 Å². The van der Waals surface area contributed by atoms with Gasteiger partial charge in [-0.2, -0.15) is 0 Å². The van der Waals surface area contributed by atoms with Gasteiger partial charge in [-0.25, -0.2) is 4.79 Å². The molecule has 140 valence electrons. The Bertz CT molecular complexity index is 594. The number of carbonyl (C=O) groups is 1. The fraction of sp³-hybridized carbons (Fsp3) is 0.632. The maximum absolute atomic E-state index is 12.6. The maximum atomic E-state index is 12.6. The third-order valence-corrected chi connectivity index (χ3v) is 4.17. The molecule has 0 spiro atoms. The first-order valence-electron chi connectivity index (χ1n) is 8.56. The van der Waals surface area contributed by atoms with Gasteiger partial charge >= 0.3 is 6.09 Å². The summed E-state index contributed by atoms with van der Waals surface area (Å²) in [7, 11) is 0. The molecule has 1 aromatic carbocycles. The van der Waals surface area contributed by atoms with E-state index in [9.17, 15) is 4.79 Å². The number of benzene rings is 1. The van der Waals surface area contributed by atoms with E-state index in [0.29, 0.717) is 18.1 Å². The second kappa shape index (κ2) is 7.42. The van der Waals surface area contributed by atoms with Crippen LogP contribution in [0.5, 0.6) is 5.75 Å². The van der Waals surface area contributed by atoms with E-state index in [1.54, 1.807) is 17.0 Å². The van der Waals surface area contributed by atoms with E-state index in [4.69, 9.17) is 25.8 Å². The SMILES string of the molecule is CC(CC1COC(C)(C)N1C(=O)OC(C)(C)C)Oc1ccc(Cl)cc1. The standard InChI is InChI=1S/C19H28ClNO4/c1-13(24-16-9-7-14(20)8-10-16)11-15-12-23-19(5,6)21(15)17(22)25-18(2,3)4/h7-10,13,15H,11-12H2,1-6H3. The van der Waals surface area contributed by atoms with Crippen LogP contribution in [-0.4, -0.2) is 41.1 Å². The van der Waals surface area contributed by atoms with Crippen LogP contribution in [0.3, 0.4) is 0 Å². The zero-order valence-corrected chi connectivity index (χ0v) is 16.6. The second-order valence-corrected chi connectivity index (χ2v) is 8.32. The number of rotatable bonds is 4. The van der Waals surface area contributed by atoms with Gasteiger partial charge in [0.1, 0.15) is 17.1 Å².